The first-order valence-electron chi connectivity index (χ1n) is 6.57. The average molecular weight is 315 g/mol. The van der Waals surface area contributed by atoms with Crippen molar-refractivity contribution in [1.29, 1.82) is 0 Å². The first kappa shape index (κ1) is 15.7. The molecule has 0 saturated heterocycles. The van der Waals surface area contributed by atoms with Crippen molar-refractivity contribution in [3.8, 4) is 0 Å². The molecule has 1 aromatic rings. The fourth-order valence-electron chi connectivity index (χ4n) is 2.17. The van der Waals surface area contributed by atoms with Crippen LogP contribution in [0.1, 0.15) is 50.2 Å². The minimum absolute atomic E-state index is 0.224. The van der Waals surface area contributed by atoms with Crippen LogP contribution in [0, 0.1) is 6.92 Å². The molecule has 0 aliphatic carbocycles. The monoisotopic (exact) mass is 314 g/mol. The number of hydrogen-bond acceptors (Lipinski definition) is 2. The maximum absolute atomic E-state index is 9.96. The lowest BCUT2D eigenvalue weighted by molar-refractivity contribution is 0.00635. The predicted molar refractivity (Wildman–Crippen MR) is 78.8 cm³/mol. The maximum atomic E-state index is 9.96. The summed E-state index contributed by atoms with van der Waals surface area (Å²) in [5.74, 6) is 0.224. The molecule has 3 atom stereocenters. The third-order valence-corrected chi connectivity index (χ3v) is 4.00. The van der Waals surface area contributed by atoms with Gasteiger partial charge >= 0.3 is 0 Å². The van der Waals surface area contributed by atoms with Gasteiger partial charge < -0.3 is 10.2 Å². The van der Waals surface area contributed by atoms with Crippen molar-refractivity contribution >= 4 is 15.9 Å². The van der Waals surface area contributed by atoms with Crippen molar-refractivity contribution in [2.24, 2.45) is 0 Å². The van der Waals surface area contributed by atoms with Crippen molar-refractivity contribution in [2.45, 2.75) is 58.2 Å². The number of benzene rings is 1. The maximum Gasteiger partial charge on any atom is 0.0804 e. The molecule has 0 fully saturated rings. The average Bonchev–Trinajstić information content (AvgIpc) is 2.28. The largest absolute Gasteiger partial charge is 0.390 e. The summed E-state index contributed by atoms with van der Waals surface area (Å²) in [6.07, 6.45) is 0.877. The molecule has 102 valence electrons. The highest BCUT2D eigenvalue weighted by atomic mass is 79.9. The van der Waals surface area contributed by atoms with Gasteiger partial charge in [0.15, 0.2) is 0 Å². The topological polar surface area (TPSA) is 40.5 Å². The van der Waals surface area contributed by atoms with Crippen molar-refractivity contribution in [1.82, 2.24) is 0 Å². The molecule has 1 aromatic carbocycles. The van der Waals surface area contributed by atoms with Crippen LogP contribution >= 0.6 is 15.9 Å². The summed E-state index contributed by atoms with van der Waals surface area (Å²) >= 11 is 3.56. The van der Waals surface area contributed by atoms with Crippen LogP contribution in [0.3, 0.4) is 0 Å². The second-order valence-corrected chi connectivity index (χ2v) is 5.94. The summed E-state index contributed by atoms with van der Waals surface area (Å²) in [7, 11) is 0. The lowest BCUT2D eigenvalue weighted by Crippen LogP contribution is -2.27. The summed E-state index contributed by atoms with van der Waals surface area (Å²) in [6, 6.07) is 6.25. The number of aliphatic hydroxyl groups is 2. The Morgan fingerprint density at radius 2 is 1.89 bits per heavy atom. The zero-order chi connectivity index (χ0) is 13.7. The summed E-state index contributed by atoms with van der Waals surface area (Å²) < 4.78 is 1.08. The highest BCUT2D eigenvalue weighted by molar-refractivity contribution is 9.10. The molecular formula is C15H23BrO2. The zero-order valence-corrected chi connectivity index (χ0v) is 12.9. The van der Waals surface area contributed by atoms with Crippen molar-refractivity contribution in [2.75, 3.05) is 0 Å². The molecule has 0 saturated carbocycles. The van der Waals surface area contributed by atoms with Gasteiger partial charge in [0, 0.05) is 4.47 Å². The molecule has 2 N–H and O–H groups in total. The molecular weight excluding hydrogens is 292 g/mol. The number of rotatable bonds is 6. The van der Waals surface area contributed by atoms with E-state index in [-0.39, 0.29) is 5.92 Å². The standard InChI is InChI=1S/C15H23BrO2/c1-4-5-14(17)15(18)9-11(3)12-7-6-10(2)8-13(12)16/h6-8,11,14-15,17-18H,4-5,9H2,1-3H3. The molecule has 2 nitrogen and oxygen atoms in total. The Hall–Kier alpha value is -0.380. The van der Waals surface area contributed by atoms with Crippen LogP contribution in [-0.4, -0.2) is 22.4 Å². The molecule has 0 aliphatic heterocycles. The number of aryl methyl sites for hydroxylation is 1. The van der Waals surface area contributed by atoms with Crippen molar-refractivity contribution in [3.63, 3.8) is 0 Å². The normalized spacial score (nSPS) is 16.3. The zero-order valence-electron chi connectivity index (χ0n) is 11.4. The molecule has 18 heavy (non-hydrogen) atoms. The highest BCUT2D eigenvalue weighted by Gasteiger charge is 2.20. The van der Waals surface area contributed by atoms with Gasteiger partial charge in [0.1, 0.15) is 0 Å². The molecule has 0 aromatic heterocycles. The van der Waals surface area contributed by atoms with E-state index in [0.29, 0.717) is 12.8 Å². The fraction of sp³-hybridized carbons (Fsp3) is 0.600. The van der Waals surface area contributed by atoms with Crippen molar-refractivity contribution in [3.05, 3.63) is 33.8 Å². The Bertz CT molecular complexity index is 379. The van der Waals surface area contributed by atoms with E-state index in [2.05, 4.69) is 48.0 Å². The summed E-state index contributed by atoms with van der Waals surface area (Å²) in [5.41, 5.74) is 2.40. The SMILES string of the molecule is CCCC(O)C(O)CC(C)c1ccc(C)cc1Br. The van der Waals surface area contributed by atoms with E-state index in [4.69, 9.17) is 0 Å². The van der Waals surface area contributed by atoms with E-state index in [0.717, 1.165) is 10.9 Å². The predicted octanol–water partition coefficient (Wildman–Crippen LogP) is 3.77. The molecule has 0 heterocycles. The van der Waals surface area contributed by atoms with E-state index in [1.165, 1.54) is 11.1 Å². The third kappa shape index (κ3) is 4.38. The van der Waals surface area contributed by atoms with Crippen LogP contribution in [0.5, 0.6) is 0 Å². The third-order valence-electron chi connectivity index (χ3n) is 3.31. The van der Waals surface area contributed by atoms with Gasteiger partial charge in [-0.15, -0.1) is 0 Å². The summed E-state index contributed by atoms with van der Waals surface area (Å²) in [5, 5.41) is 19.7. The summed E-state index contributed by atoms with van der Waals surface area (Å²) in [6.45, 7) is 6.15. The molecule has 0 amide bonds. The first-order chi connectivity index (χ1) is 8.45. The van der Waals surface area contributed by atoms with Crippen LogP contribution in [0.2, 0.25) is 0 Å². The van der Waals surface area contributed by atoms with Gasteiger partial charge in [-0.25, -0.2) is 0 Å². The lowest BCUT2D eigenvalue weighted by atomic mass is 9.91. The second kappa shape index (κ2) is 7.27. The Morgan fingerprint density at radius 3 is 2.44 bits per heavy atom. The van der Waals surface area contributed by atoms with Crippen LogP contribution in [0.25, 0.3) is 0 Å². The molecule has 0 radical (unpaired) electrons. The smallest absolute Gasteiger partial charge is 0.0804 e. The van der Waals surface area contributed by atoms with Gasteiger partial charge in [0.25, 0.3) is 0 Å². The van der Waals surface area contributed by atoms with Crippen LogP contribution < -0.4 is 0 Å². The molecule has 0 spiro atoms. The Balaban J connectivity index is 2.67. The minimum atomic E-state index is -0.645. The van der Waals surface area contributed by atoms with Crippen LogP contribution in [-0.2, 0) is 0 Å². The van der Waals surface area contributed by atoms with E-state index in [1.807, 2.05) is 6.92 Å². The second-order valence-electron chi connectivity index (χ2n) is 5.09. The molecule has 0 aliphatic rings. The van der Waals surface area contributed by atoms with Crippen LogP contribution in [0.15, 0.2) is 22.7 Å². The Kier molecular flexibility index (Phi) is 6.33. The van der Waals surface area contributed by atoms with Gasteiger partial charge in [0.2, 0.25) is 0 Å². The van der Waals surface area contributed by atoms with Crippen LogP contribution in [0.4, 0.5) is 0 Å². The first-order valence-corrected chi connectivity index (χ1v) is 7.37. The van der Waals surface area contributed by atoms with E-state index in [9.17, 15) is 10.2 Å². The van der Waals surface area contributed by atoms with E-state index >= 15 is 0 Å². The highest BCUT2D eigenvalue weighted by Crippen LogP contribution is 2.29. The van der Waals surface area contributed by atoms with Crippen molar-refractivity contribution < 1.29 is 10.2 Å². The number of halogens is 1. The van der Waals surface area contributed by atoms with Gasteiger partial charge in [-0.1, -0.05) is 48.3 Å². The number of hydrogen-bond donors (Lipinski definition) is 2. The van der Waals surface area contributed by atoms with Gasteiger partial charge in [-0.05, 0) is 42.9 Å². The van der Waals surface area contributed by atoms with E-state index in [1.54, 1.807) is 0 Å². The molecule has 3 unspecified atom stereocenters. The Morgan fingerprint density at radius 1 is 1.22 bits per heavy atom. The van der Waals surface area contributed by atoms with Gasteiger partial charge in [-0.3, -0.25) is 0 Å². The fourth-order valence-corrected chi connectivity index (χ4v) is 3.05. The Labute approximate surface area is 118 Å². The molecule has 0 bridgehead atoms. The molecule has 3 heteroatoms. The lowest BCUT2D eigenvalue weighted by Gasteiger charge is -2.22. The minimum Gasteiger partial charge on any atom is -0.390 e. The van der Waals surface area contributed by atoms with E-state index < -0.39 is 12.2 Å². The molecule has 1 rings (SSSR count). The number of aliphatic hydroxyl groups excluding tert-OH is 2. The summed E-state index contributed by atoms with van der Waals surface area (Å²) in [4.78, 5) is 0. The van der Waals surface area contributed by atoms with Gasteiger partial charge in [-0.2, -0.15) is 0 Å². The quantitative estimate of drug-likeness (QED) is 0.839. The van der Waals surface area contributed by atoms with Gasteiger partial charge in [0.05, 0.1) is 12.2 Å².